The third kappa shape index (κ3) is 2.47. The number of aromatic carboxylic acids is 1. The highest BCUT2D eigenvalue weighted by molar-refractivity contribution is 6.06. The molecule has 1 heterocycles. The summed E-state index contributed by atoms with van der Waals surface area (Å²) in [6, 6.07) is 18.8. The van der Waals surface area contributed by atoms with Gasteiger partial charge in [0, 0.05) is 10.9 Å². The Bertz CT molecular complexity index is 1160. The molecule has 4 aromatic rings. The zero-order valence-electron chi connectivity index (χ0n) is 14.4. The third-order valence-corrected chi connectivity index (χ3v) is 4.63. The molecule has 0 N–H and O–H groups in total. The van der Waals surface area contributed by atoms with Crippen molar-refractivity contribution in [3.8, 4) is 17.0 Å². The molecule has 0 bridgehead atoms. The molecule has 0 radical (unpaired) electrons. The Morgan fingerprint density at radius 2 is 1.77 bits per heavy atom. The van der Waals surface area contributed by atoms with E-state index in [4.69, 9.17) is 9.72 Å². The standard InChI is InChI=1S/C22H17NO3/c1-13-6-5-9-16-17(22(24)25)12-18(23-21(13)16)20-15-8-4-3-7-14(15)10-11-19(20)26-2/h3-12H,1-2H3,(H,24,25)/p-1. The number of hydrogen-bond donors (Lipinski definition) is 0. The average molecular weight is 342 g/mol. The highest BCUT2D eigenvalue weighted by atomic mass is 16.5. The first-order valence-electron chi connectivity index (χ1n) is 8.28. The van der Waals surface area contributed by atoms with Gasteiger partial charge in [0.2, 0.25) is 0 Å². The van der Waals surface area contributed by atoms with Gasteiger partial charge < -0.3 is 14.6 Å². The molecule has 0 saturated heterocycles. The molecule has 0 unspecified atom stereocenters. The molecule has 0 spiro atoms. The first-order valence-corrected chi connectivity index (χ1v) is 8.28. The van der Waals surface area contributed by atoms with Crippen molar-refractivity contribution in [2.45, 2.75) is 6.92 Å². The number of aryl methyl sites for hydroxylation is 1. The second kappa shape index (κ2) is 6.15. The van der Waals surface area contributed by atoms with Crippen molar-refractivity contribution in [3.63, 3.8) is 0 Å². The van der Waals surface area contributed by atoms with Crippen molar-refractivity contribution in [3.05, 3.63) is 71.8 Å². The van der Waals surface area contributed by atoms with Gasteiger partial charge in [0.1, 0.15) is 5.75 Å². The first-order chi connectivity index (χ1) is 12.6. The van der Waals surface area contributed by atoms with Crippen LogP contribution >= 0.6 is 0 Å². The fraction of sp³-hybridized carbons (Fsp3) is 0.0909. The number of rotatable bonds is 3. The van der Waals surface area contributed by atoms with E-state index in [2.05, 4.69) is 0 Å². The Balaban J connectivity index is 2.15. The smallest absolute Gasteiger partial charge is 0.128 e. The van der Waals surface area contributed by atoms with Crippen LogP contribution in [-0.2, 0) is 0 Å². The summed E-state index contributed by atoms with van der Waals surface area (Å²) >= 11 is 0. The van der Waals surface area contributed by atoms with Crippen molar-refractivity contribution in [2.24, 2.45) is 0 Å². The van der Waals surface area contributed by atoms with E-state index in [1.54, 1.807) is 19.2 Å². The van der Waals surface area contributed by atoms with Crippen LogP contribution in [0.2, 0.25) is 0 Å². The Labute approximate surface area is 150 Å². The van der Waals surface area contributed by atoms with E-state index in [9.17, 15) is 9.90 Å². The van der Waals surface area contributed by atoms with Crippen molar-refractivity contribution in [1.82, 2.24) is 4.98 Å². The van der Waals surface area contributed by atoms with Gasteiger partial charge in [-0.15, -0.1) is 0 Å². The summed E-state index contributed by atoms with van der Waals surface area (Å²) in [6.45, 7) is 1.92. The number of fused-ring (bicyclic) bond motifs is 2. The summed E-state index contributed by atoms with van der Waals surface area (Å²) in [5, 5.41) is 14.3. The van der Waals surface area contributed by atoms with Crippen LogP contribution in [0.3, 0.4) is 0 Å². The summed E-state index contributed by atoms with van der Waals surface area (Å²) < 4.78 is 5.55. The molecular formula is C22H16NO3-. The van der Waals surface area contributed by atoms with Crippen LogP contribution in [0, 0.1) is 6.92 Å². The van der Waals surface area contributed by atoms with Crippen LogP contribution < -0.4 is 9.84 Å². The number of aromatic nitrogens is 1. The van der Waals surface area contributed by atoms with Gasteiger partial charge in [-0.05, 0) is 35.4 Å². The summed E-state index contributed by atoms with van der Waals surface area (Å²) in [5.41, 5.74) is 3.02. The van der Waals surface area contributed by atoms with Gasteiger partial charge in [-0.25, -0.2) is 4.98 Å². The van der Waals surface area contributed by atoms with E-state index < -0.39 is 5.97 Å². The fourth-order valence-corrected chi connectivity index (χ4v) is 3.37. The molecule has 0 aliphatic heterocycles. The maximum Gasteiger partial charge on any atom is 0.128 e. The highest BCUT2D eigenvalue weighted by Gasteiger charge is 2.16. The molecule has 3 aromatic carbocycles. The molecule has 0 saturated carbocycles. The number of carboxylic acid groups (broad SMARTS) is 1. The number of hydrogen-bond acceptors (Lipinski definition) is 4. The Morgan fingerprint density at radius 3 is 2.54 bits per heavy atom. The number of carbonyl (C=O) groups excluding carboxylic acids is 1. The lowest BCUT2D eigenvalue weighted by Gasteiger charge is -2.15. The number of methoxy groups -OCH3 is 1. The van der Waals surface area contributed by atoms with Gasteiger partial charge in [0.25, 0.3) is 0 Å². The highest BCUT2D eigenvalue weighted by Crippen LogP contribution is 2.37. The van der Waals surface area contributed by atoms with Gasteiger partial charge in [-0.2, -0.15) is 0 Å². The average Bonchev–Trinajstić information content (AvgIpc) is 2.66. The van der Waals surface area contributed by atoms with Crippen LogP contribution in [0.5, 0.6) is 5.75 Å². The number of benzene rings is 3. The minimum Gasteiger partial charge on any atom is -0.545 e. The SMILES string of the molecule is COc1ccc2ccccc2c1-c1cc(C(=O)[O-])c2cccc(C)c2n1. The summed E-state index contributed by atoms with van der Waals surface area (Å²) in [5.74, 6) is -0.572. The van der Waals surface area contributed by atoms with Gasteiger partial charge in [0.05, 0.1) is 29.9 Å². The predicted octanol–water partition coefficient (Wildman–Crippen LogP) is 3.74. The zero-order valence-corrected chi connectivity index (χ0v) is 14.4. The van der Waals surface area contributed by atoms with Crippen LogP contribution in [0.25, 0.3) is 32.9 Å². The number of nitrogens with zero attached hydrogens (tertiary/aromatic N) is 1. The molecule has 1 aromatic heterocycles. The number of pyridine rings is 1. The van der Waals surface area contributed by atoms with E-state index in [0.29, 0.717) is 22.3 Å². The lowest BCUT2D eigenvalue weighted by Crippen LogP contribution is -2.23. The Morgan fingerprint density at radius 1 is 1.00 bits per heavy atom. The van der Waals surface area contributed by atoms with Gasteiger partial charge in [-0.3, -0.25) is 0 Å². The van der Waals surface area contributed by atoms with Crippen LogP contribution in [0.4, 0.5) is 0 Å². The molecule has 4 nitrogen and oxygen atoms in total. The van der Waals surface area contributed by atoms with Crippen molar-refractivity contribution < 1.29 is 14.6 Å². The molecule has 0 amide bonds. The fourth-order valence-electron chi connectivity index (χ4n) is 3.37. The van der Waals surface area contributed by atoms with Gasteiger partial charge in [0.15, 0.2) is 0 Å². The molecule has 4 heteroatoms. The minimum atomic E-state index is -1.22. The van der Waals surface area contributed by atoms with E-state index in [-0.39, 0.29) is 5.56 Å². The zero-order chi connectivity index (χ0) is 18.3. The molecule has 0 aliphatic rings. The molecule has 128 valence electrons. The number of carbonyl (C=O) groups is 1. The predicted molar refractivity (Wildman–Crippen MR) is 100 cm³/mol. The maximum absolute atomic E-state index is 11.8. The normalized spacial score (nSPS) is 11.0. The number of para-hydroxylation sites is 1. The molecule has 0 atom stereocenters. The Kier molecular flexibility index (Phi) is 3.81. The summed E-state index contributed by atoms with van der Waals surface area (Å²) in [7, 11) is 1.60. The van der Waals surface area contributed by atoms with Gasteiger partial charge >= 0.3 is 0 Å². The lowest BCUT2D eigenvalue weighted by molar-refractivity contribution is -0.254. The molecule has 0 fully saturated rings. The van der Waals surface area contributed by atoms with Crippen molar-refractivity contribution in [1.29, 1.82) is 0 Å². The van der Waals surface area contributed by atoms with Crippen molar-refractivity contribution >= 4 is 27.6 Å². The largest absolute Gasteiger partial charge is 0.545 e. The van der Waals surface area contributed by atoms with Crippen LogP contribution in [-0.4, -0.2) is 18.1 Å². The third-order valence-electron chi connectivity index (χ3n) is 4.63. The van der Waals surface area contributed by atoms with Crippen molar-refractivity contribution in [2.75, 3.05) is 7.11 Å². The van der Waals surface area contributed by atoms with Gasteiger partial charge in [-0.1, -0.05) is 48.5 Å². The lowest BCUT2D eigenvalue weighted by atomic mass is 9.97. The Hall–Kier alpha value is -3.40. The molecule has 4 rings (SSSR count). The van der Waals surface area contributed by atoms with E-state index in [0.717, 1.165) is 21.9 Å². The second-order valence-corrected chi connectivity index (χ2v) is 6.18. The quantitative estimate of drug-likeness (QED) is 0.569. The summed E-state index contributed by atoms with van der Waals surface area (Å²) in [6.07, 6.45) is 0. The van der Waals surface area contributed by atoms with E-state index in [1.807, 2.05) is 55.5 Å². The first kappa shape index (κ1) is 16.1. The number of ether oxygens (including phenoxy) is 1. The second-order valence-electron chi connectivity index (χ2n) is 6.18. The maximum atomic E-state index is 11.8. The number of carboxylic acids is 1. The molecular weight excluding hydrogens is 326 g/mol. The topological polar surface area (TPSA) is 62.2 Å². The van der Waals surface area contributed by atoms with E-state index >= 15 is 0 Å². The van der Waals surface area contributed by atoms with Crippen LogP contribution in [0.15, 0.2) is 60.7 Å². The monoisotopic (exact) mass is 342 g/mol. The minimum absolute atomic E-state index is 0.128. The summed E-state index contributed by atoms with van der Waals surface area (Å²) in [4.78, 5) is 16.5. The molecule has 26 heavy (non-hydrogen) atoms. The molecule has 0 aliphatic carbocycles. The van der Waals surface area contributed by atoms with Crippen LogP contribution in [0.1, 0.15) is 15.9 Å². The van der Waals surface area contributed by atoms with E-state index in [1.165, 1.54) is 0 Å².